The van der Waals surface area contributed by atoms with Gasteiger partial charge in [-0.25, -0.2) is 4.79 Å². The summed E-state index contributed by atoms with van der Waals surface area (Å²) in [6.07, 6.45) is 0. The lowest BCUT2D eigenvalue weighted by Crippen LogP contribution is -1.77. The molecule has 0 aromatic heterocycles. The SMILES string of the molecule is [2H]C(=C=O)c1ccc(-c2ccccc2)cc1. The molecule has 2 aromatic carbocycles. The smallest absolute Gasteiger partial charge is 0.125 e. The molecule has 1 nitrogen and oxygen atoms in total. The molecule has 0 bridgehead atoms. The van der Waals surface area contributed by atoms with Crippen LogP contribution in [0.4, 0.5) is 0 Å². The Bertz CT molecular complexity index is 522. The average Bonchev–Trinajstić information content (AvgIpc) is 2.39. The molecule has 0 heterocycles. The molecule has 0 radical (unpaired) electrons. The van der Waals surface area contributed by atoms with Crippen molar-refractivity contribution in [3.05, 3.63) is 60.2 Å². The van der Waals surface area contributed by atoms with E-state index in [0.29, 0.717) is 5.56 Å². The first-order chi connectivity index (χ1) is 7.81. The third kappa shape index (κ3) is 2.22. The van der Waals surface area contributed by atoms with Crippen molar-refractivity contribution in [1.82, 2.24) is 0 Å². The molecular formula is C14H10O. The molecule has 0 aliphatic heterocycles. The van der Waals surface area contributed by atoms with Crippen LogP contribution in [0.25, 0.3) is 17.2 Å². The van der Waals surface area contributed by atoms with Crippen LogP contribution in [0.3, 0.4) is 0 Å². The first kappa shape index (κ1) is 8.22. The standard InChI is InChI=1S/C14H10O/c15-11-10-12-6-8-14(9-7-12)13-4-2-1-3-5-13/h1-10H/i10D. The Kier molecular flexibility index (Phi) is 2.41. The van der Waals surface area contributed by atoms with Gasteiger partial charge in [-0.2, -0.15) is 0 Å². The van der Waals surface area contributed by atoms with Gasteiger partial charge in [0, 0.05) is 6.05 Å². The summed E-state index contributed by atoms with van der Waals surface area (Å²) in [6, 6.07) is 17.2. The van der Waals surface area contributed by atoms with Gasteiger partial charge < -0.3 is 0 Å². The maximum absolute atomic E-state index is 10.3. The highest BCUT2D eigenvalue weighted by Gasteiger charge is 1.95. The lowest BCUT2D eigenvalue weighted by atomic mass is 10.0. The molecule has 1 heteroatoms. The van der Waals surface area contributed by atoms with Crippen LogP contribution in [0, 0.1) is 0 Å². The summed E-state index contributed by atoms with van der Waals surface area (Å²) in [6.45, 7) is 0. The van der Waals surface area contributed by atoms with E-state index >= 15 is 0 Å². The van der Waals surface area contributed by atoms with E-state index in [1.807, 2.05) is 42.5 Å². The molecule has 15 heavy (non-hydrogen) atoms. The molecule has 2 aromatic rings. The first-order valence-corrected chi connectivity index (χ1v) is 4.69. The second kappa shape index (κ2) is 4.41. The van der Waals surface area contributed by atoms with Crippen molar-refractivity contribution in [3.63, 3.8) is 0 Å². The van der Waals surface area contributed by atoms with Crippen LogP contribution in [-0.4, -0.2) is 5.94 Å². The lowest BCUT2D eigenvalue weighted by Gasteiger charge is -2.00. The minimum absolute atomic E-state index is 0.111. The minimum atomic E-state index is -0.111. The van der Waals surface area contributed by atoms with Crippen LogP contribution in [0.2, 0.25) is 0 Å². The molecular weight excluding hydrogens is 184 g/mol. The predicted octanol–water partition coefficient (Wildman–Crippen LogP) is 3.20. The summed E-state index contributed by atoms with van der Waals surface area (Å²) in [5.74, 6) is 1.57. The summed E-state index contributed by atoms with van der Waals surface area (Å²) >= 11 is 0. The van der Waals surface area contributed by atoms with Crippen LogP contribution in [-0.2, 0) is 4.79 Å². The highest BCUT2D eigenvalue weighted by atomic mass is 16.1. The van der Waals surface area contributed by atoms with Crippen molar-refractivity contribution < 1.29 is 6.17 Å². The van der Waals surface area contributed by atoms with Crippen molar-refractivity contribution in [2.24, 2.45) is 0 Å². The van der Waals surface area contributed by atoms with Gasteiger partial charge in [0.1, 0.15) is 5.94 Å². The largest absolute Gasteiger partial charge is 0.233 e. The Morgan fingerprint density at radius 1 is 0.933 bits per heavy atom. The van der Waals surface area contributed by atoms with Gasteiger partial charge in [-0.05, 0) is 16.7 Å². The van der Waals surface area contributed by atoms with Crippen LogP contribution in [0.1, 0.15) is 6.93 Å². The van der Waals surface area contributed by atoms with Crippen LogP contribution >= 0.6 is 0 Å². The van der Waals surface area contributed by atoms with Crippen molar-refractivity contribution in [2.75, 3.05) is 0 Å². The maximum atomic E-state index is 10.3. The average molecular weight is 195 g/mol. The highest BCUT2D eigenvalue weighted by molar-refractivity contribution is 5.76. The fourth-order valence-electron chi connectivity index (χ4n) is 1.44. The van der Waals surface area contributed by atoms with E-state index < -0.39 is 0 Å². The van der Waals surface area contributed by atoms with Gasteiger partial charge in [0.2, 0.25) is 0 Å². The molecule has 0 aliphatic carbocycles. The molecule has 0 unspecified atom stereocenters. The Morgan fingerprint density at radius 2 is 1.53 bits per heavy atom. The van der Waals surface area contributed by atoms with E-state index in [1.54, 1.807) is 18.1 Å². The van der Waals surface area contributed by atoms with Gasteiger partial charge in [0.25, 0.3) is 0 Å². The number of carbonyl (C=O) groups excluding carboxylic acids is 1. The topological polar surface area (TPSA) is 17.1 Å². The Hall–Kier alpha value is -2.11. The maximum Gasteiger partial charge on any atom is 0.125 e. The summed E-state index contributed by atoms with van der Waals surface area (Å²) in [5, 5.41) is 0. The Morgan fingerprint density at radius 3 is 2.13 bits per heavy atom. The molecule has 0 amide bonds. The molecule has 0 saturated heterocycles. The molecule has 0 aliphatic rings. The van der Waals surface area contributed by atoms with E-state index in [9.17, 15) is 4.79 Å². The highest BCUT2D eigenvalue weighted by Crippen LogP contribution is 2.19. The van der Waals surface area contributed by atoms with Gasteiger partial charge in [0.05, 0.1) is 1.37 Å². The van der Waals surface area contributed by atoms with E-state index in [-0.39, 0.29) is 6.05 Å². The zero-order valence-corrected chi connectivity index (χ0v) is 8.10. The van der Waals surface area contributed by atoms with Crippen molar-refractivity contribution in [1.29, 1.82) is 0 Å². The monoisotopic (exact) mass is 195 g/mol. The molecule has 0 spiro atoms. The van der Waals surface area contributed by atoms with Crippen LogP contribution in [0.15, 0.2) is 54.6 Å². The van der Waals surface area contributed by atoms with Crippen LogP contribution in [0.5, 0.6) is 0 Å². The molecule has 0 atom stereocenters. The number of rotatable bonds is 2. The fraction of sp³-hybridized carbons (Fsp3) is 0. The number of hydrogen-bond donors (Lipinski definition) is 0. The van der Waals surface area contributed by atoms with Gasteiger partial charge in [-0.15, -0.1) is 0 Å². The summed E-state index contributed by atoms with van der Waals surface area (Å²) < 4.78 is 7.33. The summed E-state index contributed by atoms with van der Waals surface area (Å²) in [5.41, 5.74) is 2.79. The van der Waals surface area contributed by atoms with Gasteiger partial charge in [0.15, 0.2) is 0 Å². The second-order valence-corrected chi connectivity index (χ2v) is 3.17. The van der Waals surface area contributed by atoms with Gasteiger partial charge >= 0.3 is 0 Å². The van der Waals surface area contributed by atoms with E-state index in [4.69, 9.17) is 1.37 Å². The normalized spacial score (nSPS) is 10.3. The molecule has 2 rings (SSSR count). The van der Waals surface area contributed by atoms with Crippen LogP contribution < -0.4 is 0 Å². The first-order valence-electron chi connectivity index (χ1n) is 5.19. The lowest BCUT2D eigenvalue weighted by molar-refractivity contribution is 0.570. The van der Waals surface area contributed by atoms with E-state index in [0.717, 1.165) is 11.1 Å². The van der Waals surface area contributed by atoms with Gasteiger partial charge in [-0.3, -0.25) is 0 Å². The molecule has 72 valence electrons. The van der Waals surface area contributed by atoms with E-state index in [2.05, 4.69) is 0 Å². The zero-order chi connectivity index (χ0) is 11.4. The van der Waals surface area contributed by atoms with Crippen molar-refractivity contribution in [3.8, 4) is 11.1 Å². The Labute approximate surface area is 90.1 Å². The summed E-state index contributed by atoms with van der Waals surface area (Å²) in [4.78, 5) is 10.3. The van der Waals surface area contributed by atoms with Gasteiger partial charge in [-0.1, -0.05) is 54.6 Å². The summed E-state index contributed by atoms with van der Waals surface area (Å²) in [7, 11) is 0. The molecule has 0 fully saturated rings. The van der Waals surface area contributed by atoms with Crippen molar-refractivity contribution in [2.45, 2.75) is 0 Å². The third-order valence-electron chi connectivity index (χ3n) is 2.19. The zero-order valence-electron chi connectivity index (χ0n) is 9.10. The second-order valence-electron chi connectivity index (χ2n) is 3.17. The quantitative estimate of drug-likeness (QED) is 0.672. The third-order valence-corrected chi connectivity index (χ3v) is 2.19. The minimum Gasteiger partial charge on any atom is -0.233 e. The number of benzene rings is 2. The van der Waals surface area contributed by atoms with E-state index in [1.165, 1.54) is 0 Å². The molecule has 0 saturated carbocycles. The molecule has 0 N–H and O–H groups in total. The van der Waals surface area contributed by atoms with Crippen molar-refractivity contribution >= 4 is 12.0 Å². The predicted molar refractivity (Wildman–Crippen MR) is 62.0 cm³/mol. The fourth-order valence-corrected chi connectivity index (χ4v) is 1.44. The number of hydrogen-bond acceptors (Lipinski definition) is 1. The Balaban J connectivity index is 2.37.